The highest BCUT2D eigenvalue weighted by atomic mass is 35.5. The Kier molecular flexibility index (Phi) is 4.72. The van der Waals surface area contributed by atoms with E-state index < -0.39 is 22.1 Å². The second kappa shape index (κ2) is 7.25. The molecule has 3 aromatic rings. The first kappa shape index (κ1) is 19.6. The number of aromatic nitrogens is 2. The molecule has 4 rings (SSSR count). The van der Waals surface area contributed by atoms with Crippen molar-refractivity contribution in [3.05, 3.63) is 89.6 Å². The summed E-state index contributed by atoms with van der Waals surface area (Å²) in [5, 5.41) is 22.1. The zero-order valence-corrected chi connectivity index (χ0v) is 16.4. The maximum Gasteiger partial charge on any atom is 0.270 e. The molecule has 9 nitrogen and oxygen atoms in total. The van der Waals surface area contributed by atoms with E-state index in [2.05, 4.69) is 4.98 Å². The molecule has 30 heavy (non-hydrogen) atoms. The van der Waals surface area contributed by atoms with Crippen LogP contribution in [0.5, 0.6) is 11.6 Å². The van der Waals surface area contributed by atoms with Gasteiger partial charge in [0.25, 0.3) is 11.2 Å². The van der Waals surface area contributed by atoms with Crippen molar-refractivity contribution in [2.45, 2.75) is 0 Å². The summed E-state index contributed by atoms with van der Waals surface area (Å²) in [6.45, 7) is 0. The molecule has 0 saturated heterocycles. The van der Waals surface area contributed by atoms with Gasteiger partial charge in [-0.25, -0.2) is 0 Å². The molecule has 0 atom stereocenters. The van der Waals surface area contributed by atoms with Crippen LogP contribution in [0.2, 0.25) is 5.02 Å². The number of hydrogen-bond acceptors (Lipinski definition) is 7. The second-order valence-corrected chi connectivity index (χ2v) is 7.01. The second-order valence-electron chi connectivity index (χ2n) is 6.19. The Balaban J connectivity index is 1.83. The van der Waals surface area contributed by atoms with Crippen LogP contribution in [0.1, 0.15) is 15.9 Å². The van der Waals surface area contributed by atoms with E-state index in [-0.39, 0.29) is 33.1 Å². The average molecular weight is 444 g/mol. The molecule has 0 spiro atoms. The van der Waals surface area contributed by atoms with Crippen molar-refractivity contribution in [1.82, 2.24) is 9.55 Å². The predicted octanol–water partition coefficient (Wildman–Crippen LogP) is 3.78. The number of ketones is 1. The third kappa shape index (κ3) is 3.27. The van der Waals surface area contributed by atoms with Crippen molar-refractivity contribution >= 4 is 41.4 Å². The normalized spacial score (nSPS) is 13.9. The number of rotatable bonds is 3. The van der Waals surface area contributed by atoms with Gasteiger partial charge in [-0.05, 0) is 42.5 Å². The molecule has 11 heteroatoms. The van der Waals surface area contributed by atoms with E-state index in [4.69, 9.17) is 28.6 Å². The van der Waals surface area contributed by atoms with Crippen molar-refractivity contribution in [3.63, 3.8) is 0 Å². The lowest BCUT2D eigenvalue weighted by atomic mass is 10.1. The molecule has 0 saturated carbocycles. The number of carbonyl (C=O) groups excluding carboxylic acids is 1. The quantitative estimate of drug-likeness (QED) is 0.273. The first-order valence-corrected chi connectivity index (χ1v) is 9.12. The highest BCUT2D eigenvalue weighted by molar-refractivity contribution is 7.71. The van der Waals surface area contributed by atoms with Gasteiger partial charge < -0.3 is 9.84 Å². The number of allylic oxidation sites excluding steroid dienone is 1. The van der Waals surface area contributed by atoms with E-state index in [9.17, 15) is 24.8 Å². The summed E-state index contributed by atoms with van der Waals surface area (Å²) >= 11 is 11.0. The summed E-state index contributed by atoms with van der Waals surface area (Å²) < 4.78 is 6.55. The standard InChI is InChI=1S/C19H10ClN3O6S/c20-9-1-3-10(4-2-9)22-18(26)13(17(25)21-19(22)30)8-15-16(24)12-7-11(23(27)28)5-6-14(12)29-15/h1-8,26H,(H,21,25,30). The van der Waals surface area contributed by atoms with E-state index in [0.717, 1.165) is 12.1 Å². The van der Waals surface area contributed by atoms with Crippen molar-refractivity contribution in [2.75, 3.05) is 0 Å². The summed E-state index contributed by atoms with van der Waals surface area (Å²) in [6.07, 6.45) is 1.06. The molecule has 150 valence electrons. The van der Waals surface area contributed by atoms with Gasteiger partial charge in [0.05, 0.1) is 16.2 Å². The lowest BCUT2D eigenvalue weighted by Gasteiger charge is -2.11. The van der Waals surface area contributed by atoms with E-state index in [0.29, 0.717) is 10.7 Å². The summed E-state index contributed by atoms with van der Waals surface area (Å²) in [5.74, 6) is -1.34. The molecule has 2 aromatic carbocycles. The lowest BCUT2D eigenvalue weighted by molar-refractivity contribution is -0.384. The Morgan fingerprint density at radius 2 is 1.90 bits per heavy atom. The van der Waals surface area contributed by atoms with Gasteiger partial charge in [0.2, 0.25) is 11.7 Å². The number of nitro benzene ring substituents is 1. The van der Waals surface area contributed by atoms with Crippen LogP contribution < -0.4 is 10.3 Å². The SMILES string of the molecule is O=C1C(=Cc2c(O)n(-c3ccc(Cl)cc3)c(=S)[nH]c2=O)Oc2ccc([N+](=O)[O-])cc21. The number of Topliss-reactive ketones (excluding diaryl/α,β-unsaturated/α-hetero) is 1. The molecule has 0 amide bonds. The summed E-state index contributed by atoms with van der Waals surface area (Å²) in [4.78, 5) is 37.7. The van der Waals surface area contributed by atoms with Crippen LogP contribution >= 0.6 is 23.8 Å². The topological polar surface area (TPSA) is 127 Å². The molecule has 0 aliphatic carbocycles. The molecular weight excluding hydrogens is 434 g/mol. The van der Waals surface area contributed by atoms with Gasteiger partial charge in [0.1, 0.15) is 11.3 Å². The van der Waals surface area contributed by atoms with E-state index in [1.807, 2.05) is 0 Å². The molecular formula is C19H10ClN3O6S. The smallest absolute Gasteiger partial charge is 0.270 e. The minimum Gasteiger partial charge on any atom is -0.494 e. The minimum atomic E-state index is -0.742. The highest BCUT2D eigenvalue weighted by Crippen LogP contribution is 2.35. The van der Waals surface area contributed by atoms with Gasteiger partial charge in [-0.15, -0.1) is 0 Å². The van der Waals surface area contributed by atoms with E-state index in [1.54, 1.807) is 24.3 Å². The number of halogens is 1. The third-order valence-corrected chi connectivity index (χ3v) is 4.88. The number of hydrogen-bond donors (Lipinski definition) is 2. The molecule has 0 bridgehead atoms. The fraction of sp³-hybridized carbons (Fsp3) is 0. The minimum absolute atomic E-state index is 0.0168. The Bertz CT molecular complexity index is 1370. The highest BCUT2D eigenvalue weighted by Gasteiger charge is 2.30. The molecule has 2 heterocycles. The molecule has 0 radical (unpaired) electrons. The zero-order chi connectivity index (χ0) is 21.6. The van der Waals surface area contributed by atoms with Crippen LogP contribution in [0.25, 0.3) is 11.8 Å². The van der Waals surface area contributed by atoms with Crippen LogP contribution in [-0.4, -0.2) is 25.4 Å². The monoisotopic (exact) mass is 443 g/mol. The average Bonchev–Trinajstić information content (AvgIpc) is 3.01. The van der Waals surface area contributed by atoms with Gasteiger partial charge in [-0.3, -0.25) is 29.3 Å². The number of nitrogens with zero attached hydrogens (tertiary/aromatic N) is 2. The first-order valence-electron chi connectivity index (χ1n) is 8.33. The number of nitro groups is 1. The zero-order valence-electron chi connectivity index (χ0n) is 14.8. The number of carbonyl (C=O) groups is 1. The van der Waals surface area contributed by atoms with Crippen molar-refractivity contribution in [3.8, 4) is 17.3 Å². The van der Waals surface area contributed by atoms with Gasteiger partial charge in [0, 0.05) is 23.2 Å². The molecule has 1 aliphatic rings. The van der Waals surface area contributed by atoms with Crippen LogP contribution in [0.15, 0.2) is 53.0 Å². The Hall–Kier alpha value is -3.76. The Morgan fingerprint density at radius 3 is 2.57 bits per heavy atom. The number of nitrogens with one attached hydrogen (secondary N) is 1. The number of non-ortho nitro benzene ring substituents is 1. The molecule has 0 fully saturated rings. The van der Waals surface area contributed by atoms with E-state index in [1.165, 1.54) is 16.7 Å². The van der Waals surface area contributed by atoms with Crippen molar-refractivity contribution in [1.29, 1.82) is 0 Å². The van der Waals surface area contributed by atoms with Crippen LogP contribution in [0, 0.1) is 14.9 Å². The number of ether oxygens (including phenoxy) is 1. The van der Waals surface area contributed by atoms with Crippen LogP contribution in [0.4, 0.5) is 5.69 Å². The van der Waals surface area contributed by atoms with Gasteiger partial charge >= 0.3 is 0 Å². The molecule has 2 N–H and O–H groups in total. The number of benzene rings is 2. The summed E-state index contributed by atoms with van der Waals surface area (Å²) in [6, 6.07) is 9.89. The number of H-pyrrole nitrogens is 1. The summed E-state index contributed by atoms with van der Waals surface area (Å²) in [5.41, 5.74) is -0.881. The number of aromatic amines is 1. The molecule has 1 aliphatic heterocycles. The fourth-order valence-corrected chi connectivity index (χ4v) is 3.33. The van der Waals surface area contributed by atoms with Gasteiger partial charge in [-0.1, -0.05) is 11.6 Å². The maximum atomic E-state index is 12.6. The lowest BCUT2D eigenvalue weighted by Crippen LogP contribution is -2.16. The summed E-state index contributed by atoms with van der Waals surface area (Å²) in [7, 11) is 0. The largest absolute Gasteiger partial charge is 0.494 e. The maximum absolute atomic E-state index is 12.6. The molecule has 1 aromatic heterocycles. The third-order valence-electron chi connectivity index (χ3n) is 4.34. The molecule has 0 unspecified atom stereocenters. The van der Waals surface area contributed by atoms with Gasteiger partial charge in [0.15, 0.2) is 10.5 Å². The number of aromatic hydroxyl groups is 1. The first-order chi connectivity index (χ1) is 14.3. The Morgan fingerprint density at radius 1 is 1.20 bits per heavy atom. The van der Waals surface area contributed by atoms with E-state index >= 15 is 0 Å². The predicted molar refractivity (Wildman–Crippen MR) is 110 cm³/mol. The van der Waals surface area contributed by atoms with Crippen LogP contribution in [0.3, 0.4) is 0 Å². The van der Waals surface area contributed by atoms with Crippen molar-refractivity contribution in [2.24, 2.45) is 0 Å². The van der Waals surface area contributed by atoms with Crippen molar-refractivity contribution < 1.29 is 19.6 Å². The van der Waals surface area contributed by atoms with Gasteiger partial charge in [-0.2, -0.15) is 0 Å². The fourth-order valence-electron chi connectivity index (χ4n) is 2.92. The number of fused-ring (bicyclic) bond motifs is 1. The Labute approximate surface area is 177 Å². The van der Waals surface area contributed by atoms with Crippen LogP contribution in [-0.2, 0) is 0 Å².